The number of hydrogen-bond donors (Lipinski definition) is 2. The molecule has 2 N–H and O–H groups in total. The molecule has 0 aromatic heterocycles. The lowest BCUT2D eigenvalue weighted by molar-refractivity contribution is 0.0944. The molecule has 26 heavy (non-hydrogen) atoms. The summed E-state index contributed by atoms with van der Waals surface area (Å²) in [6, 6.07) is 5.87. The number of halogens is 1. The second-order valence-corrected chi connectivity index (χ2v) is 8.17. The Morgan fingerprint density at radius 2 is 1.81 bits per heavy atom. The predicted octanol–water partition coefficient (Wildman–Crippen LogP) is 3.84. The Balaban J connectivity index is 1.56. The second-order valence-electron chi connectivity index (χ2n) is 7.76. The maximum atomic E-state index is 12.7. The Kier molecular flexibility index (Phi) is 7.78. The number of amides is 1. The first kappa shape index (κ1) is 19.7. The molecule has 1 aliphatic heterocycles. The van der Waals surface area contributed by atoms with Crippen molar-refractivity contribution >= 4 is 17.5 Å². The fraction of sp³-hybridized carbons (Fsp3) is 0.667. The fourth-order valence-corrected chi connectivity index (χ4v) is 4.25. The smallest absolute Gasteiger partial charge is 0.252 e. The van der Waals surface area contributed by atoms with E-state index in [-0.39, 0.29) is 5.91 Å². The van der Waals surface area contributed by atoms with Gasteiger partial charge in [-0.2, -0.15) is 0 Å². The average Bonchev–Trinajstić information content (AvgIpc) is 2.63. The van der Waals surface area contributed by atoms with Crippen molar-refractivity contribution in [3.05, 3.63) is 34.3 Å². The SMILES string of the molecule is O=C(NCC1CCCCCCC1)c1cc(CN2CCNCC2)ccc1Cl. The van der Waals surface area contributed by atoms with Crippen LogP contribution in [-0.2, 0) is 6.54 Å². The van der Waals surface area contributed by atoms with Crippen molar-refractivity contribution < 1.29 is 4.79 Å². The molecule has 0 radical (unpaired) electrons. The molecule has 0 unspecified atom stereocenters. The van der Waals surface area contributed by atoms with Crippen molar-refractivity contribution in [3.63, 3.8) is 0 Å². The summed E-state index contributed by atoms with van der Waals surface area (Å²) in [5.41, 5.74) is 1.78. The van der Waals surface area contributed by atoms with E-state index in [1.807, 2.05) is 18.2 Å². The molecule has 2 aliphatic rings. The van der Waals surface area contributed by atoms with Crippen LogP contribution in [0.5, 0.6) is 0 Å². The normalized spacial score (nSPS) is 20.3. The minimum Gasteiger partial charge on any atom is -0.352 e. The van der Waals surface area contributed by atoms with Gasteiger partial charge in [-0.15, -0.1) is 0 Å². The van der Waals surface area contributed by atoms with Crippen molar-refractivity contribution in [2.75, 3.05) is 32.7 Å². The number of carbonyl (C=O) groups is 1. The third-order valence-corrected chi connectivity index (χ3v) is 6.00. The first-order chi connectivity index (χ1) is 12.7. The summed E-state index contributed by atoms with van der Waals surface area (Å²) in [7, 11) is 0. The summed E-state index contributed by atoms with van der Waals surface area (Å²) in [5, 5.41) is 7.06. The Hall–Kier alpha value is -1.10. The molecular formula is C21H32ClN3O. The van der Waals surface area contributed by atoms with Gasteiger partial charge in [0.05, 0.1) is 10.6 Å². The van der Waals surface area contributed by atoms with Crippen LogP contribution in [-0.4, -0.2) is 43.5 Å². The molecule has 1 heterocycles. The fourth-order valence-electron chi connectivity index (χ4n) is 4.05. The van der Waals surface area contributed by atoms with E-state index in [0.717, 1.165) is 44.8 Å². The zero-order chi connectivity index (χ0) is 18.2. The van der Waals surface area contributed by atoms with Gasteiger partial charge in [0.15, 0.2) is 0 Å². The van der Waals surface area contributed by atoms with Crippen LogP contribution < -0.4 is 10.6 Å². The number of hydrogen-bond acceptors (Lipinski definition) is 3. The Morgan fingerprint density at radius 1 is 1.12 bits per heavy atom. The lowest BCUT2D eigenvalue weighted by Crippen LogP contribution is -2.42. The van der Waals surface area contributed by atoms with E-state index in [1.165, 1.54) is 44.9 Å². The molecular weight excluding hydrogens is 346 g/mol. The van der Waals surface area contributed by atoms with E-state index in [0.29, 0.717) is 16.5 Å². The molecule has 1 aromatic carbocycles. The van der Waals surface area contributed by atoms with E-state index >= 15 is 0 Å². The lowest BCUT2D eigenvalue weighted by Gasteiger charge is -2.27. The second kappa shape index (κ2) is 10.3. The summed E-state index contributed by atoms with van der Waals surface area (Å²) < 4.78 is 0. The van der Waals surface area contributed by atoms with E-state index in [4.69, 9.17) is 11.6 Å². The third kappa shape index (κ3) is 5.97. The molecule has 1 saturated carbocycles. The molecule has 0 atom stereocenters. The van der Waals surface area contributed by atoms with Crippen molar-refractivity contribution in [1.29, 1.82) is 0 Å². The zero-order valence-corrected chi connectivity index (χ0v) is 16.5. The number of rotatable bonds is 5. The van der Waals surface area contributed by atoms with Crippen LogP contribution in [0.1, 0.15) is 60.9 Å². The third-order valence-electron chi connectivity index (χ3n) is 5.67. The van der Waals surface area contributed by atoms with Crippen LogP contribution in [0, 0.1) is 5.92 Å². The molecule has 2 fully saturated rings. The van der Waals surface area contributed by atoms with E-state index in [2.05, 4.69) is 15.5 Å². The van der Waals surface area contributed by atoms with Crippen molar-refractivity contribution in [2.24, 2.45) is 5.92 Å². The molecule has 144 valence electrons. The number of carbonyl (C=O) groups excluding carboxylic acids is 1. The van der Waals surface area contributed by atoms with Gasteiger partial charge in [0.25, 0.3) is 5.91 Å². The molecule has 4 nitrogen and oxygen atoms in total. The maximum Gasteiger partial charge on any atom is 0.252 e. The van der Waals surface area contributed by atoms with Gasteiger partial charge in [-0.1, -0.05) is 49.8 Å². The van der Waals surface area contributed by atoms with Crippen molar-refractivity contribution in [2.45, 2.75) is 51.5 Å². The first-order valence-electron chi connectivity index (χ1n) is 10.2. The average molecular weight is 378 g/mol. The maximum absolute atomic E-state index is 12.7. The molecule has 0 spiro atoms. The highest BCUT2D eigenvalue weighted by Gasteiger charge is 2.17. The Labute approximate surface area is 162 Å². The minimum atomic E-state index is -0.0285. The van der Waals surface area contributed by atoms with Crippen LogP contribution in [0.15, 0.2) is 18.2 Å². The van der Waals surface area contributed by atoms with E-state index in [1.54, 1.807) is 0 Å². The number of piperazine rings is 1. The quantitative estimate of drug-likeness (QED) is 0.819. The van der Waals surface area contributed by atoms with Gasteiger partial charge in [-0.25, -0.2) is 0 Å². The Morgan fingerprint density at radius 3 is 2.54 bits per heavy atom. The van der Waals surface area contributed by atoms with E-state index in [9.17, 15) is 4.79 Å². The minimum absolute atomic E-state index is 0.0285. The summed E-state index contributed by atoms with van der Waals surface area (Å²) in [6.45, 7) is 5.81. The monoisotopic (exact) mass is 377 g/mol. The topological polar surface area (TPSA) is 44.4 Å². The summed E-state index contributed by atoms with van der Waals surface area (Å²) in [4.78, 5) is 15.1. The summed E-state index contributed by atoms with van der Waals surface area (Å²) >= 11 is 6.32. The largest absolute Gasteiger partial charge is 0.352 e. The summed E-state index contributed by atoms with van der Waals surface area (Å²) in [6.07, 6.45) is 9.10. The van der Waals surface area contributed by atoms with Gasteiger partial charge in [0.2, 0.25) is 0 Å². The predicted molar refractivity (Wildman–Crippen MR) is 108 cm³/mol. The number of nitrogens with one attached hydrogen (secondary N) is 2. The highest BCUT2D eigenvalue weighted by atomic mass is 35.5. The highest BCUT2D eigenvalue weighted by Crippen LogP contribution is 2.23. The highest BCUT2D eigenvalue weighted by molar-refractivity contribution is 6.33. The van der Waals surface area contributed by atoms with Gasteiger partial charge in [-0.3, -0.25) is 9.69 Å². The summed E-state index contributed by atoms with van der Waals surface area (Å²) in [5.74, 6) is 0.585. The van der Waals surface area contributed by atoms with Gasteiger partial charge in [0, 0.05) is 39.3 Å². The Bertz CT molecular complexity index is 579. The number of nitrogens with zero attached hydrogens (tertiary/aromatic N) is 1. The standard InChI is InChI=1S/C21H32ClN3O/c22-20-9-8-18(16-25-12-10-23-11-13-25)14-19(20)21(26)24-15-17-6-4-2-1-3-5-7-17/h8-9,14,17,23H,1-7,10-13,15-16H2,(H,24,26). The molecule has 3 rings (SSSR count). The molecule has 5 heteroatoms. The van der Waals surface area contributed by atoms with Crippen LogP contribution in [0.3, 0.4) is 0 Å². The van der Waals surface area contributed by atoms with E-state index < -0.39 is 0 Å². The van der Waals surface area contributed by atoms with Gasteiger partial charge >= 0.3 is 0 Å². The number of benzene rings is 1. The zero-order valence-electron chi connectivity index (χ0n) is 15.7. The lowest BCUT2D eigenvalue weighted by atomic mass is 9.91. The first-order valence-corrected chi connectivity index (χ1v) is 10.6. The van der Waals surface area contributed by atoms with Crippen molar-refractivity contribution in [1.82, 2.24) is 15.5 Å². The molecule has 1 aliphatic carbocycles. The van der Waals surface area contributed by atoms with Gasteiger partial charge < -0.3 is 10.6 Å². The van der Waals surface area contributed by atoms with Crippen LogP contribution in [0.4, 0.5) is 0 Å². The molecule has 1 amide bonds. The van der Waals surface area contributed by atoms with Crippen molar-refractivity contribution in [3.8, 4) is 0 Å². The van der Waals surface area contributed by atoms with Gasteiger partial charge in [-0.05, 0) is 36.5 Å². The van der Waals surface area contributed by atoms with Crippen LogP contribution in [0.25, 0.3) is 0 Å². The molecule has 0 bridgehead atoms. The van der Waals surface area contributed by atoms with Crippen LogP contribution in [0.2, 0.25) is 5.02 Å². The molecule has 1 saturated heterocycles. The van der Waals surface area contributed by atoms with Gasteiger partial charge in [0.1, 0.15) is 0 Å². The molecule has 1 aromatic rings. The van der Waals surface area contributed by atoms with Crippen LogP contribution >= 0.6 is 11.6 Å².